The van der Waals surface area contributed by atoms with Crippen molar-refractivity contribution in [2.75, 3.05) is 26.2 Å². The molecule has 1 unspecified atom stereocenters. The van der Waals surface area contributed by atoms with Gasteiger partial charge >= 0.3 is 0 Å². The van der Waals surface area contributed by atoms with Crippen molar-refractivity contribution in [2.45, 2.75) is 31.2 Å². The molecule has 156 valence electrons. The van der Waals surface area contributed by atoms with Crippen LogP contribution in [-0.2, 0) is 4.74 Å². The molecule has 3 aromatic rings. The van der Waals surface area contributed by atoms with E-state index in [9.17, 15) is 10.2 Å². The maximum Gasteiger partial charge on any atom is 0.134 e. The van der Waals surface area contributed by atoms with Gasteiger partial charge in [0, 0.05) is 31.4 Å². The first-order chi connectivity index (χ1) is 14.6. The fourth-order valence-corrected chi connectivity index (χ4v) is 4.47. The van der Waals surface area contributed by atoms with E-state index in [1.165, 1.54) is 6.20 Å². The second-order valence-corrected chi connectivity index (χ2v) is 8.30. The Hall–Kier alpha value is -2.67. The molecule has 3 atom stereocenters. The summed E-state index contributed by atoms with van der Waals surface area (Å²) in [4.78, 5) is 6.34. The Morgan fingerprint density at radius 3 is 2.60 bits per heavy atom. The molecular weight excluding hydrogens is 380 g/mol. The molecule has 2 N–H and O–H groups in total. The lowest BCUT2D eigenvalue weighted by atomic mass is 10.0. The molecule has 0 amide bonds. The van der Waals surface area contributed by atoms with Crippen LogP contribution in [0.2, 0.25) is 0 Å². The highest BCUT2D eigenvalue weighted by molar-refractivity contribution is 5.88. The molecule has 1 aromatic heterocycles. The first-order valence-corrected chi connectivity index (χ1v) is 10.5. The number of aliphatic hydroxyl groups is 1. The van der Waals surface area contributed by atoms with Crippen molar-refractivity contribution in [1.29, 1.82) is 0 Å². The average Bonchev–Trinajstić information content (AvgIpc) is 3.09. The van der Waals surface area contributed by atoms with E-state index >= 15 is 0 Å². The number of nitrogens with zero attached hydrogens (tertiary/aromatic N) is 2. The number of aromatic nitrogens is 1. The maximum atomic E-state index is 10.4. The standard InChI is InChI=1S/C24H26N2O4/c27-20-8-19(10-25-11-20)17-2-1-16-3-4-22(9-18(16)7-17)29-15-21(28)12-26-13-23-5-6-24(14-26)30-23/h1-4,7-11,21,23-24,27-28H,5-6,12-15H2/t21?,23-,24+. The molecule has 30 heavy (non-hydrogen) atoms. The van der Waals surface area contributed by atoms with Gasteiger partial charge in [0.2, 0.25) is 0 Å². The summed E-state index contributed by atoms with van der Waals surface area (Å²) in [7, 11) is 0. The molecule has 2 bridgehead atoms. The molecule has 0 aliphatic carbocycles. The number of hydrogen-bond acceptors (Lipinski definition) is 6. The number of benzene rings is 2. The van der Waals surface area contributed by atoms with Crippen LogP contribution in [0.3, 0.4) is 0 Å². The van der Waals surface area contributed by atoms with E-state index in [2.05, 4.69) is 16.0 Å². The lowest BCUT2D eigenvalue weighted by molar-refractivity contribution is -0.0528. The highest BCUT2D eigenvalue weighted by Gasteiger charge is 2.34. The predicted octanol–water partition coefficient (Wildman–Crippen LogP) is 3.21. The molecule has 6 nitrogen and oxygen atoms in total. The zero-order valence-corrected chi connectivity index (χ0v) is 16.8. The van der Waals surface area contributed by atoms with E-state index in [0.717, 1.165) is 53.6 Å². The minimum atomic E-state index is -0.539. The topological polar surface area (TPSA) is 75.1 Å². The molecule has 6 heteroatoms. The van der Waals surface area contributed by atoms with Crippen LogP contribution in [-0.4, -0.2) is 64.6 Å². The minimum absolute atomic E-state index is 0.145. The summed E-state index contributed by atoms with van der Waals surface area (Å²) in [6.07, 6.45) is 5.53. The molecule has 2 aliphatic rings. The summed E-state index contributed by atoms with van der Waals surface area (Å²) < 4.78 is 11.7. The zero-order valence-electron chi connectivity index (χ0n) is 16.8. The molecule has 0 spiro atoms. The van der Waals surface area contributed by atoms with Crippen molar-refractivity contribution in [3.05, 3.63) is 54.9 Å². The van der Waals surface area contributed by atoms with E-state index in [0.29, 0.717) is 18.8 Å². The van der Waals surface area contributed by atoms with Gasteiger partial charge in [-0.3, -0.25) is 9.88 Å². The number of pyridine rings is 1. The Balaban J connectivity index is 1.24. The molecule has 2 aliphatic heterocycles. The lowest BCUT2D eigenvalue weighted by Crippen LogP contribution is -2.46. The van der Waals surface area contributed by atoms with Gasteiger partial charge in [-0.2, -0.15) is 0 Å². The first kappa shape index (κ1) is 19.3. The van der Waals surface area contributed by atoms with Crippen molar-refractivity contribution in [3.63, 3.8) is 0 Å². The van der Waals surface area contributed by atoms with Crippen molar-refractivity contribution < 1.29 is 19.7 Å². The number of likely N-dealkylation sites (tertiary alicyclic amines) is 1. The van der Waals surface area contributed by atoms with Crippen molar-refractivity contribution in [2.24, 2.45) is 0 Å². The van der Waals surface area contributed by atoms with Crippen LogP contribution in [0.15, 0.2) is 54.9 Å². The highest BCUT2D eigenvalue weighted by atomic mass is 16.5. The number of ether oxygens (including phenoxy) is 2. The predicted molar refractivity (Wildman–Crippen MR) is 115 cm³/mol. The molecule has 2 fully saturated rings. The van der Waals surface area contributed by atoms with Crippen LogP contribution in [0.25, 0.3) is 21.9 Å². The third-order valence-corrected chi connectivity index (χ3v) is 5.90. The summed E-state index contributed by atoms with van der Waals surface area (Å²) in [6.45, 7) is 2.67. The van der Waals surface area contributed by atoms with E-state index in [-0.39, 0.29) is 12.4 Å². The maximum absolute atomic E-state index is 10.4. The summed E-state index contributed by atoms with van der Waals surface area (Å²) in [5.41, 5.74) is 1.84. The van der Waals surface area contributed by atoms with Crippen molar-refractivity contribution in [1.82, 2.24) is 9.88 Å². The molecule has 0 saturated carbocycles. The van der Waals surface area contributed by atoms with E-state index in [4.69, 9.17) is 9.47 Å². The Morgan fingerprint density at radius 1 is 1.00 bits per heavy atom. The zero-order chi connectivity index (χ0) is 20.5. The third kappa shape index (κ3) is 4.26. The largest absolute Gasteiger partial charge is 0.506 e. The van der Waals surface area contributed by atoms with Gasteiger partial charge in [0.25, 0.3) is 0 Å². The van der Waals surface area contributed by atoms with Crippen molar-refractivity contribution in [3.8, 4) is 22.6 Å². The van der Waals surface area contributed by atoms with Gasteiger partial charge in [-0.1, -0.05) is 18.2 Å². The van der Waals surface area contributed by atoms with Crippen LogP contribution in [0.5, 0.6) is 11.5 Å². The van der Waals surface area contributed by atoms with E-state index < -0.39 is 6.10 Å². The number of morpholine rings is 1. The van der Waals surface area contributed by atoms with Gasteiger partial charge < -0.3 is 19.7 Å². The summed E-state index contributed by atoms with van der Waals surface area (Å²) in [5.74, 6) is 0.877. The number of β-amino-alcohol motifs (C(OH)–C–C–N with tert-alkyl or cyclic N) is 1. The first-order valence-electron chi connectivity index (χ1n) is 10.5. The second-order valence-electron chi connectivity index (χ2n) is 8.30. The van der Waals surface area contributed by atoms with Crippen LogP contribution < -0.4 is 4.74 Å². The average molecular weight is 406 g/mol. The van der Waals surface area contributed by atoms with Crippen LogP contribution in [0.4, 0.5) is 0 Å². The van der Waals surface area contributed by atoms with Crippen LogP contribution in [0, 0.1) is 0 Å². The quantitative estimate of drug-likeness (QED) is 0.655. The van der Waals surface area contributed by atoms with Gasteiger partial charge in [-0.25, -0.2) is 0 Å². The molecule has 0 radical (unpaired) electrons. The molecule has 2 saturated heterocycles. The lowest BCUT2D eigenvalue weighted by Gasteiger charge is -2.33. The Labute approximate surface area is 175 Å². The number of aliphatic hydroxyl groups excluding tert-OH is 1. The smallest absolute Gasteiger partial charge is 0.134 e. The van der Waals surface area contributed by atoms with Crippen molar-refractivity contribution >= 4 is 10.8 Å². The monoisotopic (exact) mass is 406 g/mol. The fraction of sp³-hybridized carbons (Fsp3) is 0.375. The van der Waals surface area contributed by atoms with Crippen LogP contribution >= 0.6 is 0 Å². The summed E-state index contributed by atoms with van der Waals surface area (Å²) >= 11 is 0. The van der Waals surface area contributed by atoms with Gasteiger partial charge in [0.15, 0.2) is 0 Å². The molecule has 5 rings (SSSR count). The summed E-state index contributed by atoms with van der Waals surface area (Å²) in [6, 6.07) is 13.7. The van der Waals surface area contributed by atoms with E-state index in [1.54, 1.807) is 12.3 Å². The molecular formula is C24H26N2O4. The Morgan fingerprint density at radius 2 is 1.80 bits per heavy atom. The molecule has 2 aromatic carbocycles. The van der Waals surface area contributed by atoms with Gasteiger partial charge in [-0.05, 0) is 53.4 Å². The SMILES string of the molecule is Oc1cncc(-c2ccc3ccc(OCC(O)CN4C[C@H]5CC[C@@H](C4)O5)cc3c2)c1. The second kappa shape index (κ2) is 8.22. The minimum Gasteiger partial charge on any atom is -0.506 e. The van der Waals surface area contributed by atoms with Gasteiger partial charge in [0.1, 0.15) is 24.2 Å². The van der Waals surface area contributed by atoms with E-state index in [1.807, 2.05) is 30.3 Å². The number of fused-ring (bicyclic) bond motifs is 3. The number of hydrogen-bond donors (Lipinski definition) is 2. The fourth-order valence-electron chi connectivity index (χ4n) is 4.47. The van der Waals surface area contributed by atoms with Gasteiger partial charge in [-0.15, -0.1) is 0 Å². The Bertz CT molecular complexity index is 1030. The van der Waals surface area contributed by atoms with Gasteiger partial charge in [0.05, 0.1) is 18.4 Å². The van der Waals surface area contributed by atoms with Crippen LogP contribution in [0.1, 0.15) is 12.8 Å². The third-order valence-electron chi connectivity index (χ3n) is 5.90. The highest BCUT2D eigenvalue weighted by Crippen LogP contribution is 2.29. The Kier molecular flexibility index (Phi) is 5.29. The summed E-state index contributed by atoms with van der Waals surface area (Å²) in [5, 5.41) is 22.3. The normalized spacial score (nSPS) is 22.3. The molecule has 3 heterocycles. The number of rotatable bonds is 6. The number of aromatic hydroxyl groups is 1.